The fourth-order valence-electron chi connectivity index (χ4n) is 0.718. The lowest BCUT2D eigenvalue weighted by atomic mass is 10.2. The molecule has 3 N–H and O–H groups in total. The van der Waals surface area contributed by atoms with Gasteiger partial charge in [-0.2, -0.15) is 0 Å². The second kappa shape index (κ2) is 3.08. The van der Waals surface area contributed by atoms with Crippen molar-refractivity contribution in [2.24, 2.45) is 10.9 Å². The summed E-state index contributed by atoms with van der Waals surface area (Å²) in [6.07, 6.45) is 0. The highest BCUT2D eigenvalue weighted by Gasteiger charge is 2.05. The zero-order valence-corrected chi connectivity index (χ0v) is 5.99. The molecular weight excluding hydrogens is 163 g/mol. The van der Waals surface area contributed by atoms with Crippen molar-refractivity contribution < 1.29 is 14.7 Å². The number of benzene rings is 1. The van der Waals surface area contributed by atoms with E-state index < -0.39 is 11.6 Å². The summed E-state index contributed by atoms with van der Waals surface area (Å²) in [7, 11) is 0. The van der Waals surface area contributed by atoms with Gasteiger partial charge < -0.3 is 10.9 Å². The van der Waals surface area contributed by atoms with Crippen molar-refractivity contribution in [3.8, 4) is 5.75 Å². The van der Waals surface area contributed by atoms with E-state index in [0.29, 0.717) is 0 Å². The molecule has 0 spiro atoms. The molecule has 63 valence electrons. The van der Waals surface area contributed by atoms with Gasteiger partial charge in [-0.1, -0.05) is 5.16 Å². The number of oxime groups is 1. The smallest absolute Gasteiger partial charge is 0.214 e. The molecule has 12 heavy (non-hydrogen) atoms. The van der Waals surface area contributed by atoms with E-state index in [0.717, 1.165) is 12.1 Å². The number of amidine groups is 1. The lowest BCUT2D eigenvalue weighted by molar-refractivity contribution is 0.318. The van der Waals surface area contributed by atoms with Gasteiger partial charge in [-0.15, -0.1) is 0 Å². The van der Waals surface area contributed by atoms with Crippen LogP contribution in [0.1, 0.15) is 5.56 Å². The highest BCUT2D eigenvalue weighted by Crippen LogP contribution is 2.16. The first-order valence-electron chi connectivity index (χ1n) is 3.09. The summed E-state index contributed by atoms with van der Waals surface area (Å²) in [5, 5.41) is 21.4. The van der Waals surface area contributed by atoms with Gasteiger partial charge in [-0.3, -0.25) is 5.11 Å². The van der Waals surface area contributed by atoms with E-state index in [9.17, 15) is 9.50 Å². The number of hydrogen-bond donors (Lipinski definition) is 2. The first-order chi connectivity index (χ1) is 5.65. The van der Waals surface area contributed by atoms with E-state index in [1.807, 2.05) is 0 Å². The maximum Gasteiger partial charge on any atom is 0.214 e. The van der Waals surface area contributed by atoms with Crippen molar-refractivity contribution in [1.82, 2.24) is 0 Å². The van der Waals surface area contributed by atoms with Crippen LogP contribution >= 0.6 is 0 Å². The third-order valence-corrected chi connectivity index (χ3v) is 1.34. The maximum absolute atomic E-state index is 12.6. The minimum Gasteiger partial charge on any atom is -0.409 e. The summed E-state index contributed by atoms with van der Waals surface area (Å²) in [6, 6.07) is 3.21. The highest BCUT2D eigenvalue weighted by atomic mass is 19.1. The minimum atomic E-state index is -0.918. The molecule has 0 unspecified atom stereocenters. The van der Waals surface area contributed by atoms with Gasteiger partial charge in [0, 0.05) is 5.56 Å². The Hall–Kier alpha value is -1.78. The van der Waals surface area contributed by atoms with Crippen LogP contribution in [0.5, 0.6) is 5.75 Å². The predicted molar refractivity (Wildman–Crippen MR) is 39.0 cm³/mol. The summed E-state index contributed by atoms with van der Waals surface area (Å²) in [5.74, 6) is -1.86. The van der Waals surface area contributed by atoms with Gasteiger partial charge in [0.05, 0.1) is 0 Å². The van der Waals surface area contributed by atoms with E-state index in [1.54, 1.807) is 0 Å². The molecule has 0 fully saturated rings. The van der Waals surface area contributed by atoms with Crippen LogP contribution in [0.15, 0.2) is 23.4 Å². The highest BCUT2D eigenvalue weighted by molar-refractivity contribution is 5.97. The van der Waals surface area contributed by atoms with Gasteiger partial charge >= 0.3 is 0 Å². The van der Waals surface area contributed by atoms with Gasteiger partial charge in [-0.05, 0) is 18.2 Å². The lowest BCUT2D eigenvalue weighted by Crippen LogP contribution is -2.12. The van der Waals surface area contributed by atoms with Gasteiger partial charge in [0.1, 0.15) is 0 Å². The van der Waals surface area contributed by atoms with Crippen molar-refractivity contribution in [2.75, 3.05) is 0 Å². The van der Waals surface area contributed by atoms with E-state index in [2.05, 4.69) is 5.16 Å². The Kier molecular flexibility index (Phi) is 2.14. The summed E-state index contributed by atoms with van der Waals surface area (Å²) >= 11 is 0. The van der Waals surface area contributed by atoms with Crippen molar-refractivity contribution >= 4 is 5.84 Å². The summed E-state index contributed by atoms with van der Waals surface area (Å²) in [5.41, 5.74) is 5.32. The Labute approximate surface area is 67.7 Å². The molecule has 0 heterocycles. The molecule has 0 saturated heterocycles. The first kappa shape index (κ1) is 8.32. The van der Waals surface area contributed by atoms with Gasteiger partial charge in [0.15, 0.2) is 11.7 Å². The second-order valence-corrected chi connectivity index (χ2v) is 2.13. The zero-order valence-electron chi connectivity index (χ0n) is 5.99. The fourth-order valence-corrected chi connectivity index (χ4v) is 0.718. The van der Waals surface area contributed by atoms with E-state index in [-0.39, 0.29) is 11.4 Å². The van der Waals surface area contributed by atoms with E-state index in [1.165, 1.54) is 6.07 Å². The van der Waals surface area contributed by atoms with Crippen LogP contribution in [0, 0.1) is 5.82 Å². The van der Waals surface area contributed by atoms with Gasteiger partial charge in [0.25, 0.3) is 0 Å². The average Bonchev–Trinajstić information content (AvgIpc) is 2.08. The molecule has 0 aromatic heterocycles. The molecule has 1 aromatic carbocycles. The SMILES string of the molecule is NC(=NO)c1ccc([O])c(F)c1. The molecule has 4 nitrogen and oxygen atoms in total. The molecule has 0 aliphatic heterocycles. The van der Waals surface area contributed by atoms with Crippen molar-refractivity contribution in [3.63, 3.8) is 0 Å². The van der Waals surface area contributed by atoms with Crippen LogP contribution in [0.3, 0.4) is 0 Å². The first-order valence-corrected chi connectivity index (χ1v) is 3.09. The molecule has 0 amide bonds. The number of rotatable bonds is 1. The Bertz CT molecular complexity index is 325. The van der Waals surface area contributed by atoms with Gasteiger partial charge in [0.2, 0.25) is 5.75 Å². The molecule has 5 heteroatoms. The molecule has 1 radical (unpaired) electrons. The third kappa shape index (κ3) is 1.45. The number of hydrogen-bond acceptors (Lipinski definition) is 2. The summed E-state index contributed by atoms with van der Waals surface area (Å²) in [4.78, 5) is 0. The molecule has 1 aromatic rings. The third-order valence-electron chi connectivity index (χ3n) is 1.34. The van der Waals surface area contributed by atoms with Gasteiger partial charge in [-0.25, -0.2) is 4.39 Å². The average molecular weight is 169 g/mol. The van der Waals surface area contributed by atoms with E-state index >= 15 is 0 Å². The van der Waals surface area contributed by atoms with Crippen molar-refractivity contribution in [2.45, 2.75) is 0 Å². The van der Waals surface area contributed by atoms with Crippen molar-refractivity contribution in [3.05, 3.63) is 29.6 Å². The van der Waals surface area contributed by atoms with Crippen LogP contribution in [-0.2, 0) is 5.11 Å². The normalized spacial score (nSPS) is 11.6. The monoisotopic (exact) mass is 169 g/mol. The lowest BCUT2D eigenvalue weighted by Gasteiger charge is -1.97. The van der Waals surface area contributed by atoms with Crippen LogP contribution < -0.4 is 5.73 Å². The van der Waals surface area contributed by atoms with Crippen molar-refractivity contribution in [1.29, 1.82) is 0 Å². The zero-order chi connectivity index (χ0) is 9.14. The molecule has 0 bridgehead atoms. The van der Waals surface area contributed by atoms with Crippen LogP contribution in [-0.4, -0.2) is 11.0 Å². The number of halogens is 1. The van der Waals surface area contributed by atoms with Crippen LogP contribution in [0.4, 0.5) is 4.39 Å². The Balaban J connectivity index is 3.13. The fraction of sp³-hybridized carbons (Fsp3) is 0. The largest absolute Gasteiger partial charge is 0.409 e. The summed E-state index contributed by atoms with van der Waals surface area (Å²) in [6.45, 7) is 0. The Morgan fingerprint density at radius 1 is 1.58 bits per heavy atom. The topological polar surface area (TPSA) is 78.5 Å². The molecule has 0 saturated carbocycles. The second-order valence-electron chi connectivity index (χ2n) is 2.13. The molecule has 0 aliphatic rings. The standard InChI is InChI=1S/C7H6FN2O2/c8-5-3-4(7(9)10-12)1-2-6(5)11/h1-3,12H,(H2,9,10). The molecule has 0 aliphatic carbocycles. The number of nitrogens with two attached hydrogens (primary N) is 1. The maximum atomic E-state index is 12.6. The Morgan fingerprint density at radius 3 is 2.75 bits per heavy atom. The van der Waals surface area contributed by atoms with Crippen LogP contribution in [0.25, 0.3) is 0 Å². The summed E-state index contributed by atoms with van der Waals surface area (Å²) < 4.78 is 12.6. The molecule has 0 atom stereocenters. The Morgan fingerprint density at radius 2 is 2.25 bits per heavy atom. The quantitative estimate of drug-likeness (QED) is 0.285. The predicted octanol–water partition coefficient (Wildman–Crippen LogP) is 1.06. The number of nitrogens with zero attached hydrogens (tertiary/aromatic N) is 1. The molecular formula is C7H6FN2O2. The minimum absolute atomic E-state index is 0.176. The van der Waals surface area contributed by atoms with E-state index in [4.69, 9.17) is 10.9 Å². The van der Waals surface area contributed by atoms with Crippen LogP contribution in [0.2, 0.25) is 0 Å². The molecule has 1 rings (SSSR count).